The van der Waals surface area contributed by atoms with Crippen LogP contribution >= 0.6 is 11.3 Å². The third-order valence-electron chi connectivity index (χ3n) is 19.5. The van der Waals surface area contributed by atoms with Gasteiger partial charge in [-0.05, 0) is 200 Å². The number of hydrogen-bond donors (Lipinski definition) is 0. The molecule has 1 aromatic heterocycles. The summed E-state index contributed by atoms with van der Waals surface area (Å²) in [4.78, 5) is 8.01. The van der Waals surface area contributed by atoms with E-state index in [0.29, 0.717) is 0 Å². The number of rotatable bonds is 5. The highest BCUT2D eigenvalue weighted by Crippen LogP contribution is 2.56. The van der Waals surface area contributed by atoms with Crippen LogP contribution in [0, 0.1) is 13.8 Å². The lowest BCUT2D eigenvalue weighted by Gasteiger charge is -2.48. The van der Waals surface area contributed by atoms with Crippen molar-refractivity contribution in [2.45, 2.75) is 169 Å². The number of para-hydroxylation sites is 2. The van der Waals surface area contributed by atoms with E-state index in [1.807, 2.05) is 11.3 Å². The molecule has 2 aliphatic heterocycles. The van der Waals surface area contributed by atoms with E-state index >= 15 is 0 Å². The molecule has 0 saturated carbocycles. The van der Waals surface area contributed by atoms with Crippen molar-refractivity contribution in [1.29, 1.82) is 0 Å². The van der Waals surface area contributed by atoms with E-state index in [4.69, 9.17) is 0 Å². The van der Waals surface area contributed by atoms with Crippen molar-refractivity contribution in [2.75, 3.05) is 14.7 Å². The highest BCUT2D eigenvalue weighted by molar-refractivity contribution is 7.26. The van der Waals surface area contributed by atoms with Gasteiger partial charge in [0.1, 0.15) is 0 Å². The minimum Gasteiger partial charge on any atom is -0.311 e. The Kier molecular flexibility index (Phi) is 11.5. The van der Waals surface area contributed by atoms with Crippen LogP contribution in [0.15, 0.2) is 146 Å². The van der Waals surface area contributed by atoms with Gasteiger partial charge in [-0.1, -0.05) is 176 Å². The molecular weight excluding hydrogens is 974 g/mol. The molecule has 0 amide bonds. The molecule has 5 heteroatoms. The Morgan fingerprint density at radius 3 is 1.61 bits per heavy atom. The molecule has 8 aromatic carbocycles. The van der Waals surface area contributed by atoms with Crippen LogP contribution in [0.1, 0.15) is 167 Å². The SMILES string of the molecule is Cc1ccccc1N(c1ccc2c(c1)N(c1ccc3c(sc4ccccc43)c1C(C)(C)C)c1cc(C(C)(C)C)cc3c1B2c1cc2c(cc1N3c1ccc3c(c1)C(C)(C)CCC3(C)C)C(C)(C)CCC2(C)C)c1ccccc1C. The molecule has 0 spiro atoms. The predicted molar refractivity (Wildman–Crippen MR) is 345 cm³/mol. The second kappa shape index (κ2) is 17.5. The number of anilines is 9. The fourth-order valence-electron chi connectivity index (χ4n) is 14.6. The zero-order valence-corrected chi connectivity index (χ0v) is 50.8. The first-order valence-electron chi connectivity index (χ1n) is 29.4. The molecule has 9 aromatic rings. The zero-order chi connectivity index (χ0) is 55.7. The average molecular weight is 1050 g/mol. The van der Waals surface area contributed by atoms with E-state index in [9.17, 15) is 0 Å². The maximum atomic E-state index is 2.74. The summed E-state index contributed by atoms with van der Waals surface area (Å²) in [6.07, 6.45) is 4.67. The maximum absolute atomic E-state index is 2.74. The highest BCUT2D eigenvalue weighted by Gasteiger charge is 2.48. The van der Waals surface area contributed by atoms with Gasteiger partial charge in [-0.2, -0.15) is 0 Å². The van der Waals surface area contributed by atoms with E-state index in [0.717, 1.165) is 18.5 Å². The molecule has 400 valence electrons. The number of hydrogen-bond acceptors (Lipinski definition) is 4. The Hall–Kier alpha value is -6.56. The normalized spacial score (nSPS) is 17.5. The van der Waals surface area contributed by atoms with Crippen LogP contribution < -0.4 is 31.1 Å². The number of fused-ring (bicyclic) bond motifs is 9. The summed E-state index contributed by atoms with van der Waals surface area (Å²) in [6.45, 7) is 38.9. The number of nitrogens with zero attached hydrogens (tertiary/aromatic N) is 3. The molecule has 0 radical (unpaired) electrons. The van der Waals surface area contributed by atoms with Crippen LogP contribution in [0.4, 0.5) is 51.2 Å². The second-order valence-corrected chi connectivity index (χ2v) is 29.9. The van der Waals surface area contributed by atoms with Gasteiger partial charge in [-0.25, -0.2) is 0 Å². The van der Waals surface area contributed by atoms with Gasteiger partial charge in [0.15, 0.2) is 0 Å². The van der Waals surface area contributed by atoms with Crippen molar-refractivity contribution < 1.29 is 0 Å². The predicted octanol–water partition coefficient (Wildman–Crippen LogP) is 19.5. The van der Waals surface area contributed by atoms with Gasteiger partial charge in [-0.3, -0.25) is 0 Å². The van der Waals surface area contributed by atoms with Crippen LogP contribution in [-0.2, 0) is 32.5 Å². The van der Waals surface area contributed by atoms with Crippen molar-refractivity contribution in [3.63, 3.8) is 0 Å². The van der Waals surface area contributed by atoms with Crippen LogP contribution in [0.25, 0.3) is 20.2 Å². The largest absolute Gasteiger partial charge is 0.311 e. The molecule has 3 heterocycles. The first kappa shape index (κ1) is 51.9. The molecule has 2 aliphatic carbocycles. The van der Waals surface area contributed by atoms with Crippen molar-refractivity contribution in [3.8, 4) is 0 Å². The van der Waals surface area contributed by atoms with E-state index in [1.54, 1.807) is 0 Å². The number of thiophene rings is 1. The maximum Gasteiger partial charge on any atom is 0.252 e. The second-order valence-electron chi connectivity index (χ2n) is 28.8. The standard InChI is InChI=1S/C74H80BN3S/c1-45-23-17-20-26-58(45)76(59-27-21-18-24-46(59)2)49-30-33-56-61(42-49)78(60-34-31-51-50-25-19-22-28-65(50)79-68(51)66(60)70(6,7)8)64-40-47(69(3,4)5)39-63-67(64)75(56)57-43-54-55(74(15,16)38-37-73(54,13)14)44-62(57)77(63)48-29-32-52-53(41-48)72(11,12)36-35-71(52,9)10/h17-34,39-44H,35-38H2,1-16H3. The van der Waals surface area contributed by atoms with Crippen molar-refractivity contribution in [1.82, 2.24) is 0 Å². The molecule has 4 aliphatic rings. The van der Waals surface area contributed by atoms with E-state index in [2.05, 4.69) is 271 Å². The molecular formula is C74H80BN3S. The smallest absolute Gasteiger partial charge is 0.252 e. The monoisotopic (exact) mass is 1050 g/mol. The first-order valence-corrected chi connectivity index (χ1v) is 30.2. The average Bonchev–Trinajstić information content (AvgIpc) is 3.45. The van der Waals surface area contributed by atoms with Gasteiger partial charge in [0, 0.05) is 65.7 Å². The molecule has 3 nitrogen and oxygen atoms in total. The molecule has 0 bridgehead atoms. The topological polar surface area (TPSA) is 9.72 Å². The lowest BCUT2D eigenvalue weighted by Crippen LogP contribution is -2.62. The van der Waals surface area contributed by atoms with E-state index < -0.39 is 0 Å². The summed E-state index contributed by atoms with van der Waals surface area (Å²) in [5.74, 6) is 0. The molecule has 0 saturated heterocycles. The van der Waals surface area contributed by atoms with Gasteiger partial charge in [-0.15, -0.1) is 11.3 Å². The molecule has 0 fully saturated rings. The fraction of sp³-hybridized carbons (Fsp3) is 0.351. The molecule has 0 unspecified atom stereocenters. The minimum atomic E-state index is -0.208. The van der Waals surface area contributed by atoms with E-state index in [1.165, 1.54) is 139 Å². The lowest BCUT2D eigenvalue weighted by molar-refractivity contribution is 0.332. The van der Waals surface area contributed by atoms with Gasteiger partial charge in [0.25, 0.3) is 6.71 Å². The van der Waals surface area contributed by atoms with Crippen molar-refractivity contribution in [2.24, 2.45) is 0 Å². The van der Waals surface area contributed by atoms with Gasteiger partial charge >= 0.3 is 0 Å². The summed E-state index contributed by atoms with van der Waals surface area (Å²) in [5.41, 5.74) is 26.3. The highest BCUT2D eigenvalue weighted by atomic mass is 32.1. The first-order chi connectivity index (χ1) is 37.2. The summed E-state index contributed by atoms with van der Waals surface area (Å²) in [5, 5.41) is 2.67. The van der Waals surface area contributed by atoms with Crippen LogP contribution in [0.2, 0.25) is 0 Å². The third kappa shape index (κ3) is 8.01. The van der Waals surface area contributed by atoms with Crippen LogP contribution in [0.3, 0.4) is 0 Å². The Labute approximate surface area is 476 Å². The number of benzene rings is 8. The lowest BCUT2D eigenvalue weighted by atomic mass is 9.33. The molecule has 79 heavy (non-hydrogen) atoms. The van der Waals surface area contributed by atoms with E-state index in [-0.39, 0.29) is 39.2 Å². The Bertz CT molecular complexity index is 3950. The molecule has 13 rings (SSSR count). The van der Waals surface area contributed by atoms with Crippen molar-refractivity contribution in [3.05, 3.63) is 190 Å². The summed E-state index contributed by atoms with van der Waals surface area (Å²) >= 11 is 1.96. The third-order valence-corrected chi connectivity index (χ3v) is 20.7. The quantitative estimate of drug-likeness (QED) is 0.159. The van der Waals surface area contributed by atoms with Gasteiger partial charge in [0.2, 0.25) is 0 Å². The Balaban J connectivity index is 1.19. The summed E-state index contributed by atoms with van der Waals surface area (Å²) in [7, 11) is 0. The Morgan fingerprint density at radius 1 is 0.456 bits per heavy atom. The molecule has 0 atom stereocenters. The van der Waals surface area contributed by atoms with Crippen molar-refractivity contribution >= 4 is 106 Å². The summed E-state index contributed by atoms with van der Waals surface area (Å²) < 4.78 is 2.70. The Morgan fingerprint density at radius 2 is 1.00 bits per heavy atom. The molecule has 0 N–H and O–H groups in total. The number of aryl methyl sites for hydroxylation is 2. The van der Waals surface area contributed by atoms with Crippen LogP contribution in [0.5, 0.6) is 0 Å². The van der Waals surface area contributed by atoms with Gasteiger partial charge in [0.05, 0.1) is 5.69 Å². The van der Waals surface area contributed by atoms with Gasteiger partial charge < -0.3 is 14.7 Å². The minimum absolute atomic E-state index is 0.0155. The van der Waals surface area contributed by atoms with Crippen LogP contribution in [-0.4, -0.2) is 6.71 Å². The zero-order valence-electron chi connectivity index (χ0n) is 50.0. The summed E-state index contributed by atoms with van der Waals surface area (Å²) in [6, 6.07) is 57.5. The fourth-order valence-corrected chi connectivity index (χ4v) is 16.0.